The molecule has 0 N–H and O–H groups in total. The number of hydrogen-bond acceptors (Lipinski definition) is 0. The minimum absolute atomic E-state index is 0.424. The first-order chi connectivity index (χ1) is 10.7. The molecule has 0 saturated heterocycles. The van der Waals surface area contributed by atoms with Crippen LogP contribution in [0.1, 0.15) is 41.0 Å². The third-order valence-corrected chi connectivity index (χ3v) is 6.34. The second-order valence-corrected chi connectivity index (χ2v) is 7.96. The van der Waals surface area contributed by atoms with Crippen LogP contribution in [-0.2, 0) is 0 Å². The Morgan fingerprint density at radius 2 is 1.14 bits per heavy atom. The van der Waals surface area contributed by atoms with Crippen molar-refractivity contribution >= 4 is 44.0 Å². The van der Waals surface area contributed by atoms with Gasteiger partial charge in [0.05, 0.1) is 0 Å². The lowest BCUT2D eigenvalue weighted by Crippen LogP contribution is -2.16. The molecule has 0 amide bonds. The van der Waals surface area contributed by atoms with E-state index in [2.05, 4.69) is 99.5 Å². The first-order valence-corrected chi connectivity index (χ1v) is 9.17. The Morgan fingerprint density at radius 3 is 1.59 bits per heavy atom. The Balaban J connectivity index is 1.76. The smallest absolute Gasteiger partial charge is 0.0196 e. The standard InChI is InChI=1S/C20H16Br2/c1-12(19-15-8-4-2-6-13(15)10-17(19)21)20-16-9-5-3-7-14(16)11-18(20)22/h2-12,19-20H,1H3. The van der Waals surface area contributed by atoms with E-state index >= 15 is 0 Å². The van der Waals surface area contributed by atoms with Crippen LogP contribution in [0.2, 0.25) is 0 Å². The van der Waals surface area contributed by atoms with Crippen molar-refractivity contribution in [3.63, 3.8) is 0 Å². The van der Waals surface area contributed by atoms with Gasteiger partial charge in [-0.25, -0.2) is 0 Å². The highest BCUT2D eigenvalue weighted by Gasteiger charge is 2.37. The summed E-state index contributed by atoms with van der Waals surface area (Å²) < 4.78 is 2.59. The number of rotatable bonds is 2. The molecule has 0 nitrogen and oxygen atoms in total. The average Bonchev–Trinajstić information content (AvgIpc) is 3.01. The lowest BCUT2D eigenvalue weighted by molar-refractivity contribution is 0.476. The largest absolute Gasteiger partial charge is 0.0619 e. The van der Waals surface area contributed by atoms with E-state index < -0.39 is 0 Å². The van der Waals surface area contributed by atoms with Gasteiger partial charge in [-0.2, -0.15) is 0 Å². The van der Waals surface area contributed by atoms with Gasteiger partial charge in [0, 0.05) is 20.8 Å². The molecule has 110 valence electrons. The Labute approximate surface area is 148 Å². The Bertz CT molecular complexity index is 733. The summed E-state index contributed by atoms with van der Waals surface area (Å²) >= 11 is 7.64. The van der Waals surface area contributed by atoms with E-state index in [0.29, 0.717) is 17.8 Å². The molecule has 0 fully saturated rings. The van der Waals surface area contributed by atoms with Gasteiger partial charge in [-0.1, -0.05) is 87.3 Å². The van der Waals surface area contributed by atoms with Crippen LogP contribution in [0.15, 0.2) is 57.5 Å². The summed E-state index contributed by atoms with van der Waals surface area (Å²) in [5.74, 6) is 1.34. The van der Waals surface area contributed by atoms with Crippen LogP contribution < -0.4 is 0 Å². The van der Waals surface area contributed by atoms with Gasteiger partial charge in [-0.3, -0.25) is 0 Å². The molecule has 0 heterocycles. The lowest BCUT2D eigenvalue weighted by atomic mass is 9.78. The molecule has 22 heavy (non-hydrogen) atoms. The molecule has 2 aromatic rings. The van der Waals surface area contributed by atoms with Crippen LogP contribution in [0, 0.1) is 5.92 Å². The molecule has 0 spiro atoms. The van der Waals surface area contributed by atoms with Gasteiger partial charge in [0.15, 0.2) is 0 Å². The minimum atomic E-state index is 0.424. The Hall–Kier alpha value is -1.12. The summed E-state index contributed by atoms with van der Waals surface area (Å²) in [7, 11) is 0. The van der Waals surface area contributed by atoms with Crippen molar-refractivity contribution in [2.75, 3.05) is 0 Å². The Morgan fingerprint density at radius 1 is 0.727 bits per heavy atom. The zero-order chi connectivity index (χ0) is 15.3. The van der Waals surface area contributed by atoms with Gasteiger partial charge in [0.1, 0.15) is 0 Å². The van der Waals surface area contributed by atoms with Gasteiger partial charge in [0.25, 0.3) is 0 Å². The molecule has 2 aliphatic carbocycles. The van der Waals surface area contributed by atoms with E-state index in [1.165, 1.54) is 31.2 Å². The summed E-state index contributed by atoms with van der Waals surface area (Å²) in [4.78, 5) is 0. The third kappa shape index (κ3) is 2.16. The van der Waals surface area contributed by atoms with Crippen molar-refractivity contribution in [3.05, 3.63) is 79.7 Å². The van der Waals surface area contributed by atoms with Gasteiger partial charge in [0.2, 0.25) is 0 Å². The topological polar surface area (TPSA) is 0 Å². The van der Waals surface area contributed by atoms with E-state index in [4.69, 9.17) is 0 Å². The van der Waals surface area contributed by atoms with Crippen LogP contribution in [0.25, 0.3) is 12.2 Å². The minimum Gasteiger partial charge on any atom is -0.0619 e. The maximum absolute atomic E-state index is 3.82. The van der Waals surface area contributed by atoms with E-state index in [9.17, 15) is 0 Å². The number of benzene rings is 2. The quantitative estimate of drug-likeness (QED) is 0.512. The van der Waals surface area contributed by atoms with Crippen molar-refractivity contribution in [1.29, 1.82) is 0 Å². The number of halogens is 2. The molecule has 2 atom stereocenters. The van der Waals surface area contributed by atoms with Gasteiger partial charge >= 0.3 is 0 Å². The molecule has 2 aliphatic rings. The van der Waals surface area contributed by atoms with Crippen LogP contribution >= 0.6 is 31.9 Å². The van der Waals surface area contributed by atoms with E-state index in [1.54, 1.807) is 0 Å². The normalized spacial score (nSPS) is 23.6. The molecule has 2 unspecified atom stereocenters. The zero-order valence-corrected chi connectivity index (χ0v) is 15.4. The van der Waals surface area contributed by atoms with Crippen molar-refractivity contribution in [2.45, 2.75) is 18.8 Å². The number of allylic oxidation sites excluding steroid dienone is 2. The van der Waals surface area contributed by atoms with Crippen LogP contribution in [0.3, 0.4) is 0 Å². The van der Waals surface area contributed by atoms with E-state index in [1.807, 2.05) is 0 Å². The lowest BCUT2D eigenvalue weighted by Gasteiger charge is -2.28. The van der Waals surface area contributed by atoms with Gasteiger partial charge in [-0.15, -0.1) is 0 Å². The first kappa shape index (κ1) is 14.5. The summed E-state index contributed by atoms with van der Waals surface area (Å²) in [5, 5.41) is 0. The van der Waals surface area contributed by atoms with Crippen molar-refractivity contribution in [2.24, 2.45) is 5.92 Å². The summed E-state index contributed by atoms with van der Waals surface area (Å²) in [6.45, 7) is 2.36. The van der Waals surface area contributed by atoms with Crippen LogP contribution in [-0.4, -0.2) is 0 Å². The molecule has 0 saturated carbocycles. The maximum Gasteiger partial charge on any atom is 0.0196 e. The predicted molar refractivity (Wildman–Crippen MR) is 101 cm³/mol. The average molecular weight is 416 g/mol. The second kappa shape index (κ2) is 5.50. The molecule has 2 aromatic carbocycles. The number of fused-ring (bicyclic) bond motifs is 2. The fourth-order valence-corrected chi connectivity index (χ4v) is 5.71. The van der Waals surface area contributed by atoms with Gasteiger partial charge < -0.3 is 0 Å². The molecule has 0 aromatic heterocycles. The molecule has 2 heteroatoms. The molecule has 0 radical (unpaired) electrons. The van der Waals surface area contributed by atoms with Crippen LogP contribution in [0.4, 0.5) is 0 Å². The molecular weight excluding hydrogens is 400 g/mol. The SMILES string of the molecule is CC(C1C(Br)=Cc2ccccc21)C1C(Br)=Cc2ccccc21. The fraction of sp³-hybridized carbons (Fsp3) is 0.200. The second-order valence-electron chi connectivity index (χ2n) is 6.13. The van der Waals surface area contributed by atoms with Gasteiger partial charge in [-0.05, 0) is 40.3 Å². The molecule has 4 rings (SSSR count). The van der Waals surface area contributed by atoms with Crippen molar-refractivity contribution in [1.82, 2.24) is 0 Å². The highest BCUT2D eigenvalue weighted by molar-refractivity contribution is 9.12. The third-order valence-electron chi connectivity index (χ3n) is 4.89. The van der Waals surface area contributed by atoms with E-state index in [0.717, 1.165) is 0 Å². The van der Waals surface area contributed by atoms with Crippen molar-refractivity contribution < 1.29 is 0 Å². The molecule has 0 aliphatic heterocycles. The molecule has 0 bridgehead atoms. The molecular formula is C20H16Br2. The highest BCUT2D eigenvalue weighted by atomic mass is 79.9. The first-order valence-electron chi connectivity index (χ1n) is 7.59. The van der Waals surface area contributed by atoms with Crippen LogP contribution in [0.5, 0.6) is 0 Å². The fourth-order valence-electron chi connectivity index (χ4n) is 3.89. The van der Waals surface area contributed by atoms with E-state index in [-0.39, 0.29) is 0 Å². The monoisotopic (exact) mass is 414 g/mol. The maximum atomic E-state index is 3.82. The predicted octanol–water partition coefficient (Wildman–Crippen LogP) is 6.69. The summed E-state index contributed by atoms with van der Waals surface area (Å²) in [5.41, 5.74) is 5.56. The summed E-state index contributed by atoms with van der Waals surface area (Å²) in [6, 6.07) is 17.5. The zero-order valence-electron chi connectivity index (χ0n) is 12.3. The highest BCUT2D eigenvalue weighted by Crippen LogP contribution is 2.53. The van der Waals surface area contributed by atoms with Crippen molar-refractivity contribution in [3.8, 4) is 0 Å². The Kier molecular flexibility index (Phi) is 3.62. The summed E-state index contributed by atoms with van der Waals surface area (Å²) in [6.07, 6.45) is 4.55. The number of hydrogen-bond donors (Lipinski definition) is 0.